The van der Waals surface area contributed by atoms with E-state index in [4.69, 9.17) is 9.97 Å². The van der Waals surface area contributed by atoms with Gasteiger partial charge in [0.2, 0.25) is 0 Å². The molecule has 1 aliphatic rings. The van der Waals surface area contributed by atoms with E-state index in [-0.39, 0.29) is 5.41 Å². The lowest BCUT2D eigenvalue weighted by atomic mass is 9.73. The highest BCUT2D eigenvalue weighted by Gasteiger charge is 2.43. The van der Waals surface area contributed by atoms with Crippen molar-refractivity contribution in [3.63, 3.8) is 0 Å². The van der Waals surface area contributed by atoms with E-state index < -0.39 is 8.07 Å². The van der Waals surface area contributed by atoms with Crippen LogP contribution in [0.2, 0.25) is 0 Å². The van der Waals surface area contributed by atoms with E-state index in [0.29, 0.717) is 0 Å². The third kappa shape index (κ3) is 5.43. The van der Waals surface area contributed by atoms with Crippen LogP contribution in [0.3, 0.4) is 0 Å². The minimum absolute atomic E-state index is 0.244. The fourth-order valence-electron chi connectivity index (χ4n) is 9.92. The minimum Gasteiger partial charge on any atom is -0.309 e. The highest BCUT2D eigenvalue weighted by Crippen LogP contribution is 2.55. The molecule has 60 heavy (non-hydrogen) atoms. The summed E-state index contributed by atoms with van der Waals surface area (Å²) in [5.41, 5.74) is 10.2. The Kier molecular flexibility index (Phi) is 8.46. The zero-order chi connectivity index (χ0) is 40.3. The lowest BCUT2D eigenvalue weighted by molar-refractivity contribution is 0.633. The van der Waals surface area contributed by atoms with E-state index in [2.05, 4.69) is 217 Å². The van der Waals surface area contributed by atoms with Crippen molar-refractivity contribution in [1.82, 2.24) is 14.5 Å². The summed E-state index contributed by atoms with van der Waals surface area (Å²) >= 11 is 0. The van der Waals surface area contributed by atoms with Crippen LogP contribution in [0.25, 0.3) is 38.9 Å². The third-order valence-electron chi connectivity index (χ3n) is 12.6. The molecule has 0 bridgehead atoms. The Morgan fingerprint density at radius 1 is 0.467 bits per heavy atom. The molecule has 0 radical (unpaired) electrons. The van der Waals surface area contributed by atoms with Crippen LogP contribution in [-0.2, 0) is 5.41 Å². The quantitative estimate of drug-likeness (QED) is 0.119. The van der Waals surface area contributed by atoms with Gasteiger partial charge in [-0.3, -0.25) is 9.55 Å². The monoisotopic (exact) mass is 786 g/mol. The van der Waals surface area contributed by atoms with Crippen LogP contribution in [0.5, 0.6) is 0 Å². The first-order valence-corrected chi connectivity index (χ1v) is 22.7. The Balaban J connectivity index is 1.27. The molecule has 4 nitrogen and oxygen atoms in total. The molecule has 0 fully saturated rings. The first-order valence-electron chi connectivity index (χ1n) is 20.7. The Hall–Kier alpha value is -7.34. The van der Waals surface area contributed by atoms with E-state index in [0.717, 1.165) is 33.8 Å². The Morgan fingerprint density at radius 2 is 1.10 bits per heavy atom. The van der Waals surface area contributed by atoms with Crippen molar-refractivity contribution in [3.8, 4) is 17.1 Å². The van der Waals surface area contributed by atoms with E-state index in [1.165, 1.54) is 54.0 Å². The maximum absolute atomic E-state index is 5.04. The average molecular weight is 787 g/mol. The van der Waals surface area contributed by atoms with Crippen LogP contribution in [0.1, 0.15) is 25.0 Å². The normalized spacial score (nSPS) is 13.3. The maximum Gasteiger partial charge on any atom is 0.179 e. The smallest absolute Gasteiger partial charge is 0.179 e. The molecule has 11 rings (SSSR count). The van der Waals surface area contributed by atoms with Crippen molar-refractivity contribution < 1.29 is 0 Å². The number of fused-ring (bicyclic) bond motifs is 6. The molecule has 0 N–H and O–H groups in total. The standard InChI is InChI=1S/C55H42N4Si/c1-55(2)46-27-12-13-29-49(46)58(40-20-6-3-7-21-40)54-47(55)33-34-50-53(54)45-32-31-44(38-51(45)59(50)52-30-15-17-36-57-52)60(41-22-8-4-9-23-41,42-24-10-5-11-25-42)43-26-18-19-39(37-43)48-28-14-16-35-56-48/h3-38H,1-2H3. The number of hydrogen-bond donors (Lipinski definition) is 0. The molecule has 0 aliphatic carbocycles. The highest BCUT2D eigenvalue weighted by molar-refractivity contribution is 7.20. The lowest BCUT2D eigenvalue weighted by Gasteiger charge is -2.42. The first kappa shape index (κ1) is 35.8. The molecule has 10 aromatic rings. The molecule has 0 saturated carbocycles. The van der Waals surface area contributed by atoms with Gasteiger partial charge in [0, 0.05) is 39.8 Å². The summed E-state index contributed by atoms with van der Waals surface area (Å²) in [5, 5.41) is 7.65. The number of benzene rings is 7. The molecule has 7 aromatic carbocycles. The van der Waals surface area contributed by atoms with Crippen molar-refractivity contribution in [1.29, 1.82) is 0 Å². The van der Waals surface area contributed by atoms with Gasteiger partial charge in [-0.15, -0.1) is 0 Å². The summed E-state index contributed by atoms with van der Waals surface area (Å²) in [6.07, 6.45) is 3.78. The van der Waals surface area contributed by atoms with Crippen molar-refractivity contribution in [2.24, 2.45) is 0 Å². The molecule has 3 aromatic heterocycles. The van der Waals surface area contributed by atoms with Crippen molar-refractivity contribution >= 4 is 67.7 Å². The predicted octanol–water partition coefficient (Wildman–Crippen LogP) is 10.7. The number of anilines is 3. The molecule has 286 valence electrons. The molecule has 5 heteroatoms. The third-order valence-corrected chi connectivity index (χ3v) is 17.4. The second-order valence-corrected chi connectivity index (χ2v) is 20.0. The van der Waals surface area contributed by atoms with Crippen LogP contribution in [0.4, 0.5) is 17.1 Å². The lowest BCUT2D eigenvalue weighted by Crippen LogP contribution is -2.74. The second-order valence-electron chi connectivity index (χ2n) is 16.2. The van der Waals surface area contributed by atoms with Gasteiger partial charge >= 0.3 is 0 Å². The molecular formula is C55H42N4Si. The summed E-state index contributed by atoms with van der Waals surface area (Å²) in [5.74, 6) is 0.889. The number of pyridine rings is 2. The SMILES string of the molecule is CC1(C)c2ccccc2N(c2ccccc2)c2c1ccc1c2c2ccc([Si](c3ccccc3)(c3ccccc3)c3cccc(-c4ccccn4)c3)cc2n1-c1ccccn1. The summed E-state index contributed by atoms with van der Waals surface area (Å²) in [4.78, 5) is 12.3. The van der Waals surface area contributed by atoms with Gasteiger partial charge < -0.3 is 4.90 Å². The van der Waals surface area contributed by atoms with Gasteiger partial charge in [-0.25, -0.2) is 4.98 Å². The van der Waals surface area contributed by atoms with Gasteiger partial charge in [0.15, 0.2) is 8.07 Å². The number of para-hydroxylation sites is 2. The fraction of sp³-hybridized carbons (Fsp3) is 0.0545. The van der Waals surface area contributed by atoms with Crippen LogP contribution in [-0.4, -0.2) is 22.6 Å². The highest BCUT2D eigenvalue weighted by atomic mass is 28.3. The minimum atomic E-state index is -2.99. The van der Waals surface area contributed by atoms with Gasteiger partial charge in [-0.1, -0.05) is 166 Å². The zero-order valence-electron chi connectivity index (χ0n) is 33.6. The van der Waals surface area contributed by atoms with E-state index in [9.17, 15) is 0 Å². The summed E-state index contributed by atoms with van der Waals surface area (Å²) < 4.78 is 2.39. The van der Waals surface area contributed by atoms with E-state index in [1.54, 1.807) is 0 Å². The number of hydrogen-bond acceptors (Lipinski definition) is 3. The van der Waals surface area contributed by atoms with Crippen molar-refractivity contribution in [2.75, 3.05) is 4.90 Å². The maximum atomic E-state index is 5.04. The van der Waals surface area contributed by atoms with Crippen molar-refractivity contribution in [3.05, 3.63) is 230 Å². The molecule has 1 aliphatic heterocycles. The molecule has 0 unspecified atom stereocenters. The zero-order valence-corrected chi connectivity index (χ0v) is 34.6. The number of rotatable bonds is 7. The van der Waals surface area contributed by atoms with Crippen LogP contribution in [0, 0.1) is 0 Å². The van der Waals surface area contributed by atoms with Crippen molar-refractivity contribution in [2.45, 2.75) is 19.3 Å². The molecule has 0 amide bonds. The fourth-order valence-corrected chi connectivity index (χ4v) is 14.7. The predicted molar refractivity (Wildman–Crippen MR) is 252 cm³/mol. The molecule has 0 saturated heterocycles. The molecule has 0 atom stereocenters. The van der Waals surface area contributed by atoms with Crippen LogP contribution < -0.4 is 25.6 Å². The largest absolute Gasteiger partial charge is 0.309 e. The van der Waals surface area contributed by atoms with Gasteiger partial charge in [0.05, 0.1) is 28.1 Å². The van der Waals surface area contributed by atoms with Gasteiger partial charge in [-0.05, 0) is 86.5 Å². The Bertz CT molecular complexity index is 3120. The van der Waals surface area contributed by atoms with E-state index >= 15 is 0 Å². The van der Waals surface area contributed by atoms with E-state index in [1.807, 2.05) is 24.5 Å². The van der Waals surface area contributed by atoms with Crippen LogP contribution in [0.15, 0.2) is 219 Å². The Labute approximate surface area is 351 Å². The molecule has 4 heterocycles. The Morgan fingerprint density at radius 3 is 1.80 bits per heavy atom. The number of aromatic nitrogens is 3. The van der Waals surface area contributed by atoms with Gasteiger partial charge in [0.1, 0.15) is 5.82 Å². The average Bonchev–Trinajstić information content (AvgIpc) is 3.65. The van der Waals surface area contributed by atoms with Gasteiger partial charge in [0.25, 0.3) is 0 Å². The number of nitrogens with zero attached hydrogens (tertiary/aromatic N) is 4. The summed E-state index contributed by atoms with van der Waals surface area (Å²) in [7, 11) is -2.99. The molecular weight excluding hydrogens is 745 g/mol. The summed E-state index contributed by atoms with van der Waals surface area (Å²) in [6.45, 7) is 4.74. The van der Waals surface area contributed by atoms with Crippen LogP contribution >= 0.6 is 0 Å². The molecule has 0 spiro atoms. The second kappa shape index (κ2) is 14.2. The first-order chi connectivity index (χ1) is 29.5. The van der Waals surface area contributed by atoms with Gasteiger partial charge in [-0.2, -0.15) is 0 Å². The summed E-state index contributed by atoms with van der Waals surface area (Å²) in [6, 6.07) is 75.6. The topological polar surface area (TPSA) is 34.0 Å².